The van der Waals surface area contributed by atoms with E-state index in [0.29, 0.717) is 17.0 Å². The van der Waals surface area contributed by atoms with Gasteiger partial charge in [0.2, 0.25) is 0 Å². The maximum Gasteiger partial charge on any atom is 0.167 e. The molecule has 2 N–H and O–H groups in total. The number of rotatable bonds is 4. The molecule has 0 saturated carbocycles. The van der Waals surface area contributed by atoms with Crippen LogP contribution in [-0.4, -0.2) is 11.3 Å². The number of aldehydes is 1. The highest BCUT2D eigenvalue weighted by Crippen LogP contribution is 2.39. The quantitative estimate of drug-likeness (QED) is 0.395. The largest absolute Gasteiger partial charge is 0.453 e. The van der Waals surface area contributed by atoms with Gasteiger partial charge in [0, 0.05) is 34.5 Å². The topological polar surface area (TPSA) is 65.2 Å². The van der Waals surface area contributed by atoms with Crippen molar-refractivity contribution in [2.45, 2.75) is 0 Å². The van der Waals surface area contributed by atoms with Gasteiger partial charge in [-0.1, -0.05) is 24.3 Å². The number of anilines is 1. The van der Waals surface area contributed by atoms with Crippen LogP contribution < -0.4 is 10.5 Å². The van der Waals surface area contributed by atoms with Crippen LogP contribution in [0, 0.1) is 5.82 Å². The molecule has 6 heteroatoms. The van der Waals surface area contributed by atoms with Crippen molar-refractivity contribution in [1.29, 1.82) is 0 Å². The van der Waals surface area contributed by atoms with Crippen LogP contribution in [0.4, 0.5) is 10.1 Å². The lowest BCUT2D eigenvalue weighted by Gasteiger charge is -2.07. The Bertz CT molecular complexity index is 1110. The van der Waals surface area contributed by atoms with Crippen LogP contribution >= 0.6 is 11.3 Å². The molecule has 0 fully saturated rings. The molecular formula is C20H13FN2O2S. The molecule has 0 saturated heterocycles. The van der Waals surface area contributed by atoms with E-state index in [1.807, 2.05) is 18.2 Å². The van der Waals surface area contributed by atoms with Crippen molar-refractivity contribution in [2.24, 2.45) is 0 Å². The monoisotopic (exact) mass is 364 g/mol. The van der Waals surface area contributed by atoms with Crippen LogP contribution in [0.15, 0.2) is 60.8 Å². The fourth-order valence-corrected chi connectivity index (χ4v) is 3.65. The van der Waals surface area contributed by atoms with E-state index in [0.717, 1.165) is 26.9 Å². The number of hydrogen-bond acceptors (Lipinski definition) is 5. The van der Waals surface area contributed by atoms with Crippen molar-refractivity contribution in [3.05, 3.63) is 72.2 Å². The van der Waals surface area contributed by atoms with E-state index in [-0.39, 0.29) is 5.75 Å². The van der Waals surface area contributed by atoms with Crippen LogP contribution in [0.25, 0.3) is 20.7 Å². The highest BCUT2D eigenvalue weighted by Gasteiger charge is 2.13. The molecule has 0 spiro atoms. The smallest absolute Gasteiger partial charge is 0.167 e. The van der Waals surface area contributed by atoms with Crippen molar-refractivity contribution < 1.29 is 13.9 Å². The van der Waals surface area contributed by atoms with Gasteiger partial charge >= 0.3 is 0 Å². The zero-order valence-electron chi connectivity index (χ0n) is 13.5. The fraction of sp³-hybridized carbons (Fsp3) is 0. The number of hydrogen-bond donors (Lipinski definition) is 1. The Morgan fingerprint density at radius 2 is 1.85 bits per heavy atom. The average molecular weight is 364 g/mol. The molecule has 26 heavy (non-hydrogen) atoms. The Balaban J connectivity index is 1.74. The van der Waals surface area contributed by atoms with E-state index in [9.17, 15) is 9.18 Å². The molecule has 4 nitrogen and oxygen atoms in total. The summed E-state index contributed by atoms with van der Waals surface area (Å²) in [6.45, 7) is 0. The highest BCUT2D eigenvalue weighted by atomic mass is 32.1. The number of thiophene rings is 1. The minimum atomic E-state index is -0.517. The molecule has 0 unspecified atom stereocenters. The van der Waals surface area contributed by atoms with Crippen LogP contribution in [-0.2, 0) is 0 Å². The molecule has 4 aromatic rings. The first-order chi connectivity index (χ1) is 12.6. The number of nitrogens with zero attached hydrogens (tertiary/aromatic N) is 1. The molecule has 4 rings (SSSR count). The third-order valence-electron chi connectivity index (χ3n) is 3.88. The minimum Gasteiger partial charge on any atom is -0.453 e. The summed E-state index contributed by atoms with van der Waals surface area (Å²) in [6, 6.07) is 15.3. The number of fused-ring (bicyclic) bond motifs is 1. The SMILES string of the molecule is Nc1ccc(Oc2ccnc3cc(-c4ccc(C=O)cc4)sc23)c(F)c1. The third-order valence-corrected chi connectivity index (χ3v) is 5.07. The number of halogens is 1. The number of nitrogen functional groups attached to an aromatic ring is 1. The maximum atomic E-state index is 14.0. The minimum absolute atomic E-state index is 0.108. The Hall–Kier alpha value is -3.25. The zero-order chi connectivity index (χ0) is 18.1. The van der Waals surface area contributed by atoms with Gasteiger partial charge < -0.3 is 10.5 Å². The molecular weight excluding hydrogens is 351 g/mol. The van der Waals surface area contributed by atoms with Gasteiger partial charge in [-0.15, -0.1) is 11.3 Å². The summed E-state index contributed by atoms with van der Waals surface area (Å²) in [7, 11) is 0. The predicted octanol–water partition coefficient (Wildman–Crippen LogP) is 5.29. The van der Waals surface area contributed by atoms with Gasteiger partial charge in [0.15, 0.2) is 11.6 Å². The third kappa shape index (κ3) is 3.02. The summed E-state index contributed by atoms with van der Waals surface area (Å²) in [6.07, 6.45) is 2.43. The highest BCUT2D eigenvalue weighted by molar-refractivity contribution is 7.22. The van der Waals surface area contributed by atoms with E-state index in [4.69, 9.17) is 10.5 Å². The molecule has 0 aliphatic heterocycles. The van der Waals surface area contributed by atoms with E-state index < -0.39 is 5.82 Å². The number of nitrogens with two attached hydrogens (primary N) is 1. The van der Waals surface area contributed by atoms with E-state index in [2.05, 4.69) is 4.98 Å². The number of benzene rings is 2. The summed E-state index contributed by atoms with van der Waals surface area (Å²) in [5.74, 6) is 0.118. The summed E-state index contributed by atoms with van der Waals surface area (Å²) >= 11 is 1.50. The van der Waals surface area contributed by atoms with Crippen LogP contribution in [0.2, 0.25) is 0 Å². The second-order valence-corrected chi connectivity index (χ2v) is 6.72. The Morgan fingerprint density at radius 1 is 1.04 bits per heavy atom. The van der Waals surface area contributed by atoms with Gasteiger partial charge in [-0.05, 0) is 23.8 Å². The van der Waals surface area contributed by atoms with E-state index >= 15 is 0 Å². The molecule has 0 amide bonds. The molecule has 2 heterocycles. The van der Waals surface area contributed by atoms with Crippen molar-refractivity contribution in [2.75, 3.05) is 5.73 Å². The molecule has 128 valence electrons. The van der Waals surface area contributed by atoms with E-state index in [1.165, 1.54) is 23.5 Å². The lowest BCUT2D eigenvalue weighted by Crippen LogP contribution is -1.91. The first-order valence-corrected chi connectivity index (χ1v) is 8.63. The van der Waals surface area contributed by atoms with Gasteiger partial charge in [0.1, 0.15) is 12.0 Å². The summed E-state index contributed by atoms with van der Waals surface area (Å²) < 4.78 is 20.6. The number of carbonyl (C=O) groups is 1. The van der Waals surface area contributed by atoms with Crippen molar-refractivity contribution in [3.8, 4) is 21.9 Å². The Morgan fingerprint density at radius 3 is 2.58 bits per heavy atom. The number of aromatic nitrogens is 1. The van der Waals surface area contributed by atoms with Gasteiger partial charge in [-0.2, -0.15) is 0 Å². The first-order valence-electron chi connectivity index (χ1n) is 7.81. The molecule has 0 bridgehead atoms. The molecule has 0 aliphatic carbocycles. The summed E-state index contributed by atoms with van der Waals surface area (Å²) in [4.78, 5) is 16.1. The first kappa shape index (κ1) is 16.2. The standard InChI is InChI=1S/C20H13FN2O2S/c21-15-9-14(22)5-6-17(15)25-18-7-8-23-16-10-19(26-20(16)18)13-3-1-12(11-24)2-4-13/h1-11H,22H2. The van der Waals surface area contributed by atoms with Crippen LogP contribution in [0.1, 0.15) is 10.4 Å². The van der Waals surface area contributed by atoms with Gasteiger partial charge in [0.25, 0.3) is 0 Å². The number of pyridine rings is 1. The number of carbonyl (C=O) groups excluding carboxylic acids is 1. The predicted molar refractivity (Wildman–Crippen MR) is 101 cm³/mol. The molecule has 0 atom stereocenters. The molecule has 2 aromatic heterocycles. The Labute approximate surface area is 152 Å². The van der Waals surface area contributed by atoms with Crippen LogP contribution in [0.5, 0.6) is 11.5 Å². The van der Waals surface area contributed by atoms with E-state index in [1.54, 1.807) is 30.5 Å². The molecule has 2 aromatic carbocycles. The van der Waals surface area contributed by atoms with Gasteiger partial charge in [0.05, 0.1) is 10.2 Å². The van der Waals surface area contributed by atoms with Crippen molar-refractivity contribution >= 4 is 33.5 Å². The second-order valence-electron chi connectivity index (χ2n) is 5.67. The molecule has 0 aliphatic rings. The van der Waals surface area contributed by atoms with Crippen molar-refractivity contribution in [1.82, 2.24) is 4.98 Å². The summed E-state index contributed by atoms with van der Waals surface area (Å²) in [5, 5.41) is 0. The molecule has 0 radical (unpaired) electrons. The van der Waals surface area contributed by atoms with Gasteiger partial charge in [-0.25, -0.2) is 4.39 Å². The van der Waals surface area contributed by atoms with Gasteiger partial charge in [-0.3, -0.25) is 9.78 Å². The lowest BCUT2D eigenvalue weighted by atomic mass is 10.1. The Kier molecular flexibility index (Phi) is 4.10. The summed E-state index contributed by atoms with van der Waals surface area (Å²) in [5.41, 5.74) is 8.27. The number of ether oxygens (including phenoxy) is 1. The lowest BCUT2D eigenvalue weighted by molar-refractivity contribution is 0.112. The van der Waals surface area contributed by atoms with Crippen molar-refractivity contribution in [3.63, 3.8) is 0 Å². The fourth-order valence-electron chi connectivity index (χ4n) is 2.58. The van der Waals surface area contributed by atoms with Crippen LogP contribution in [0.3, 0.4) is 0 Å². The second kappa shape index (κ2) is 6.57. The zero-order valence-corrected chi connectivity index (χ0v) is 14.3. The average Bonchev–Trinajstić information content (AvgIpc) is 3.09. The maximum absolute atomic E-state index is 14.0. The normalized spacial score (nSPS) is 10.8.